The molecule has 0 atom stereocenters. The third kappa shape index (κ3) is 3.63. The number of ether oxygens (including phenoxy) is 1. The second-order valence-electron chi connectivity index (χ2n) is 4.57. The normalized spacial score (nSPS) is 12.6. The molecule has 1 rings (SSSR count). The number of allylic oxidation sites excluding steroid dienone is 1. The van der Waals surface area contributed by atoms with Gasteiger partial charge in [-0.1, -0.05) is 0 Å². The summed E-state index contributed by atoms with van der Waals surface area (Å²) in [4.78, 5) is 0. The summed E-state index contributed by atoms with van der Waals surface area (Å²) < 4.78 is 7.29. The molecule has 0 aliphatic carbocycles. The van der Waals surface area contributed by atoms with Crippen molar-refractivity contribution < 1.29 is 4.74 Å². The van der Waals surface area contributed by atoms with Gasteiger partial charge in [-0.2, -0.15) is 0 Å². The predicted octanol–water partition coefficient (Wildman–Crippen LogP) is 5.02. The molecule has 17 heavy (non-hydrogen) atoms. The Labute approximate surface area is 108 Å². The minimum atomic E-state index is -1.78. The first-order valence-electron chi connectivity index (χ1n) is 6.57. The van der Waals surface area contributed by atoms with E-state index < -0.39 is 13.3 Å². The van der Waals surface area contributed by atoms with E-state index in [1.807, 2.05) is 36.6 Å². The van der Waals surface area contributed by atoms with E-state index in [0.29, 0.717) is 0 Å². The van der Waals surface area contributed by atoms with Crippen LogP contribution in [0.15, 0.2) is 41.0 Å². The van der Waals surface area contributed by atoms with Gasteiger partial charge in [-0.3, -0.25) is 0 Å². The molecule has 0 aliphatic heterocycles. The van der Waals surface area contributed by atoms with Gasteiger partial charge in [-0.25, -0.2) is 0 Å². The van der Waals surface area contributed by atoms with Crippen LogP contribution in [-0.4, -0.2) is 13.3 Å². The molecular weight excluding hydrogens is 269 g/mol. The molecule has 94 valence electrons. The van der Waals surface area contributed by atoms with Crippen molar-refractivity contribution in [3.63, 3.8) is 0 Å². The molecule has 0 unspecified atom stereocenters. The van der Waals surface area contributed by atoms with Crippen LogP contribution >= 0.6 is 0 Å². The molecule has 1 aromatic rings. The number of hydrogen-bond donors (Lipinski definition) is 0. The number of rotatable bonds is 6. The van der Waals surface area contributed by atoms with Crippen molar-refractivity contribution in [3.8, 4) is 5.75 Å². The maximum absolute atomic E-state index is 5.76. The van der Waals surface area contributed by atoms with Gasteiger partial charge >= 0.3 is 108 Å². The molecule has 0 spiro atoms. The molecule has 1 aromatic carbocycles. The Morgan fingerprint density at radius 1 is 1.06 bits per heavy atom. The van der Waals surface area contributed by atoms with Crippen molar-refractivity contribution in [1.29, 1.82) is 0 Å². The van der Waals surface area contributed by atoms with E-state index in [0.717, 1.165) is 5.75 Å². The molecule has 0 N–H and O–H groups in total. The topological polar surface area (TPSA) is 9.23 Å². The number of para-hydroxylation sites is 1. The van der Waals surface area contributed by atoms with E-state index in [1.54, 1.807) is 0 Å². The molecule has 0 saturated carbocycles. The van der Waals surface area contributed by atoms with Crippen LogP contribution in [0.25, 0.3) is 0 Å². The average Bonchev–Trinajstić information content (AvgIpc) is 2.40. The summed E-state index contributed by atoms with van der Waals surface area (Å²) in [5.74, 6) is 0.937. The third-order valence-corrected chi connectivity index (χ3v) is 16.3. The van der Waals surface area contributed by atoms with Gasteiger partial charge in [0.2, 0.25) is 0 Å². The van der Waals surface area contributed by atoms with Crippen LogP contribution in [0, 0.1) is 0 Å². The summed E-state index contributed by atoms with van der Waals surface area (Å²) in [5.41, 5.74) is 0. The van der Waals surface area contributed by atoms with Crippen molar-refractivity contribution in [2.75, 3.05) is 0 Å². The van der Waals surface area contributed by atoms with E-state index >= 15 is 0 Å². The average molecular weight is 293 g/mol. The third-order valence-electron chi connectivity index (χ3n) is 3.98. The zero-order valence-corrected chi connectivity index (χ0v) is 13.6. The minimum absolute atomic E-state index is 0.937. The summed E-state index contributed by atoms with van der Waals surface area (Å²) in [6.07, 6.45) is 2.01. The Kier molecular flexibility index (Phi) is 5.83. The molecule has 0 aromatic heterocycles. The zero-order chi connectivity index (χ0) is 12.7. The zero-order valence-electron chi connectivity index (χ0n) is 11.5. The fourth-order valence-electron chi connectivity index (χ4n) is 2.37. The van der Waals surface area contributed by atoms with Gasteiger partial charge in [0.25, 0.3) is 0 Å². The van der Waals surface area contributed by atoms with E-state index in [4.69, 9.17) is 4.74 Å². The second-order valence-corrected chi connectivity index (χ2v) is 16.1. The van der Waals surface area contributed by atoms with Crippen LogP contribution in [0.4, 0.5) is 0 Å². The predicted molar refractivity (Wildman–Crippen MR) is 78.0 cm³/mol. The molecule has 0 saturated heterocycles. The summed E-state index contributed by atoms with van der Waals surface area (Å²) in [7, 11) is 0. The van der Waals surface area contributed by atoms with Gasteiger partial charge in [0, 0.05) is 0 Å². The van der Waals surface area contributed by atoms with E-state index in [-0.39, 0.29) is 0 Å². The molecule has 0 radical (unpaired) electrons. The number of benzene rings is 1. The summed E-state index contributed by atoms with van der Waals surface area (Å²) in [6.45, 7) is 9.28. The molecule has 0 aliphatic rings. The van der Waals surface area contributed by atoms with Crippen LogP contribution in [0.3, 0.4) is 0 Å². The molecule has 0 fully saturated rings. The Morgan fingerprint density at radius 2 is 1.59 bits per heavy atom. The Balaban J connectivity index is 2.78. The van der Waals surface area contributed by atoms with Crippen LogP contribution in [0.2, 0.25) is 15.8 Å². The van der Waals surface area contributed by atoms with Crippen LogP contribution in [0.1, 0.15) is 27.7 Å². The molecule has 0 heterocycles. The van der Waals surface area contributed by atoms with Crippen molar-refractivity contribution >= 4 is 13.3 Å². The van der Waals surface area contributed by atoms with Crippen LogP contribution < -0.4 is 4.74 Å². The summed E-state index contributed by atoms with van der Waals surface area (Å²) in [6, 6.07) is 10.0. The van der Waals surface area contributed by atoms with E-state index in [1.165, 1.54) is 20.2 Å². The van der Waals surface area contributed by atoms with Crippen LogP contribution in [0.5, 0.6) is 5.75 Å². The Hall–Kier alpha value is -0.697. The molecule has 0 amide bonds. The second kappa shape index (κ2) is 6.90. The first-order chi connectivity index (χ1) is 8.18. The van der Waals surface area contributed by atoms with Gasteiger partial charge < -0.3 is 0 Å². The molecule has 1 nitrogen and oxygen atoms in total. The van der Waals surface area contributed by atoms with Gasteiger partial charge in [0.1, 0.15) is 0 Å². The Bertz CT molecular complexity index is 344. The SMILES string of the molecule is C[CH2][Ge]([CH2]C)([CH2]C)/[C](C)=C/Oc1ccccc1. The van der Waals surface area contributed by atoms with Crippen molar-refractivity contribution in [3.05, 3.63) is 41.0 Å². The summed E-state index contributed by atoms with van der Waals surface area (Å²) in [5, 5.41) is 4.06. The number of hydrogen-bond acceptors (Lipinski definition) is 1. The first-order valence-corrected chi connectivity index (χ1v) is 12.1. The summed E-state index contributed by atoms with van der Waals surface area (Å²) >= 11 is -1.78. The van der Waals surface area contributed by atoms with Gasteiger partial charge in [-0.15, -0.1) is 0 Å². The van der Waals surface area contributed by atoms with E-state index in [9.17, 15) is 0 Å². The molecule has 0 bridgehead atoms. The fraction of sp³-hybridized carbons (Fsp3) is 0.467. The van der Waals surface area contributed by atoms with Crippen LogP contribution in [-0.2, 0) is 0 Å². The first kappa shape index (κ1) is 14.4. The molecule has 2 heteroatoms. The monoisotopic (exact) mass is 294 g/mol. The standard InChI is InChI=1S/C15H24GeO/c1-5-16(6-2,7-3)14(4)13-17-15-11-9-8-10-12-15/h8-13H,5-7H2,1-4H3/b14-13+. The van der Waals surface area contributed by atoms with Gasteiger partial charge in [0.05, 0.1) is 0 Å². The van der Waals surface area contributed by atoms with Crippen molar-refractivity contribution in [2.45, 2.75) is 43.5 Å². The van der Waals surface area contributed by atoms with Gasteiger partial charge in [0.15, 0.2) is 0 Å². The quantitative estimate of drug-likeness (QED) is 0.528. The maximum atomic E-state index is 5.76. The fourth-order valence-corrected chi connectivity index (χ4v) is 9.67. The van der Waals surface area contributed by atoms with Crippen molar-refractivity contribution in [2.24, 2.45) is 0 Å². The van der Waals surface area contributed by atoms with Crippen molar-refractivity contribution in [1.82, 2.24) is 0 Å². The molecular formula is C15H24GeO. The van der Waals surface area contributed by atoms with E-state index in [2.05, 4.69) is 27.7 Å². The van der Waals surface area contributed by atoms with Gasteiger partial charge in [-0.05, 0) is 0 Å². The Morgan fingerprint density at radius 3 is 2.06 bits per heavy atom.